The lowest BCUT2D eigenvalue weighted by atomic mass is 10.2. The number of hydrogen-bond donors (Lipinski definition) is 0. The van der Waals surface area contributed by atoms with Crippen LogP contribution in [0.5, 0.6) is 0 Å². The molecule has 0 amide bonds. The first kappa shape index (κ1) is 13.0. The summed E-state index contributed by atoms with van der Waals surface area (Å²) < 4.78 is 29.4. The molecule has 0 saturated carbocycles. The molecule has 1 heterocycles. The summed E-state index contributed by atoms with van der Waals surface area (Å²) in [6.07, 6.45) is 2.98. The van der Waals surface area contributed by atoms with Gasteiger partial charge in [-0.15, -0.1) is 0 Å². The number of allylic oxidation sites excluding steroid dienone is 2. The van der Waals surface area contributed by atoms with Crippen LogP contribution in [0.1, 0.15) is 5.56 Å². The Labute approximate surface area is 114 Å². The molecule has 0 atom stereocenters. The number of benzene rings is 1. The third kappa shape index (κ3) is 3.04. The van der Waals surface area contributed by atoms with E-state index in [1.807, 2.05) is 6.92 Å². The normalized spacial score (nSPS) is 14.6. The molecule has 1 aliphatic heterocycles. The van der Waals surface area contributed by atoms with E-state index in [0.717, 1.165) is 5.56 Å². The summed E-state index contributed by atoms with van der Waals surface area (Å²) in [4.78, 5) is 0.0891. The van der Waals surface area contributed by atoms with Crippen molar-refractivity contribution in [2.75, 3.05) is 0 Å². The van der Waals surface area contributed by atoms with Crippen LogP contribution in [0.4, 0.5) is 0 Å². The average molecular weight is 327 g/mol. The van der Waals surface area contributed by atoms with Crippen LogP contribution in [0.3, 0.4) is 0 Å². The van der Waals surface area contributed by atoms with Crippen molar-refractivity contribution >= 4 is 26.0 Å². The van der Waals surface area contributed by atoms with Crippen LogP contribution in [-0.2, 0) is 14.3 Å². The van der Waals surface area contributed by atoms with Gasteiger partial charge < -0.3 is 4.18 Å². The Morgan fingerprint density at radius 2 is 1.94 bits per heavy atom. The maximum absolute atomic E-state index is 11.9. The van der Waals surface area contributed by atoms with Gasteiger partial charge in [-0.1, -0.05) is 23.4 Å². The minimum Gasteiger partial charge on any atom is -0.350 e. The third-order valence-electron chi connectivity index (χ3n) is 2.14. The molecule has 1 aliphatic rings. The number of hydrogen-bond acceptors (Lipinski definition) is 3. The standard InChI is InChI=1S/C12H9BrNO3S/c1-9-2-5-11(6-3-9)18(15,16)17-12-7-4-10(13)8-14-12/h2-6,8H,1H3. The fraction of sp³-hybridized carbons (Fsp3) is 0.0833. The van der Waals surface area contributed by atoms with Crippen LogP contribution in [0.25, 0.3) is 0 Å². The summed E-state index contributed by atoms with van der Waals surface area (Å²) >= 11 is 3.18. The second-order valence-corrected chi connectivity index (χ2v) is 6.05. The minimum absolute atomic E-state index is 0.0845. The Balaban J connectivity index is 2.24. The minimum atomic E-state index is -3.85. The van der Waals surface area contributed by atoms with Gasteiger partial charge in [0.15, 0.2) is 0 Å². The molecule has 1 aromatic carbocycles. The number of nitrogens with zero attached hydrogens (tertiary/aromatic N) is 1. The molecule has 1 aromatic rings. The van der Waals surface area contributed by atoms with E-state index in [-0.39, 0.29) is 10.8 Å². The first-order chi connectivity index (χ1) is 8.47. The summed E-state index contributed by atoms with van der Waals surface area (Å²) in [5.74, 6) is -0.0845. The van der Waals surface area contributed by atoms with Crippen molar-refractivity contribution in [2.24, 2.45) is 0 Å². The van der Waals surface area contributed by atoms with E-state index in [0.29, 0.717) is 4.48 Å². The molecule has 0 aromatic heterocycles. The number of rotatable bonds is 3. The van der Waals surface area contributed by atoms with Crippen molar-refractivity contribution in [3.05, 3.63) is 58.2 Å². The highest BCUT2D eigenvalue weighted by atomic mass is 79.9. The van der Waals surface area contributed by atoms with E-state index in [2.05, 4.69) is 27.0 Å². The zero-order valence-corrected chi connectivity index (χ0v) is 11.8. The fourth-order valence-electron chi connectivity index (χ4n) is 1.23. The maximum atomic E-state index is 11.9. The van der Waals surface area contributed by atoms with Crippen molar-refractivity contribution in [1.29, 1.82) is 0 Å². The summed E-state index contributed by atoms with van der Waals surface area (Å²) in [6, 6.07) is 6.39. The van der Waals surface area contributed by atoms with Gasteiger partial charge in [0, 0.05) is 16.8 Å². The largest absolute Gasteiger partial charge is 0.350 e. The molecule has 1 radical (unpaired) electrons. The van der Waals surface area contributed by atoms with E-state index in [1.165, 1.54) is 24.4 Å². The molecule has 0 fully saturated rings. The van der Waals surface area contributed by atoms with Crippen molar-refractivity contribution in [2.45, 2.75) is 11.8 Å². The molecule has 2 rings (SSSR count). The van der Waals surface area contributed by atoms with Crippen LogP contribution in [0, 0.1) is 6.92 Å². The SMILES string of the molecule is Cc1ccc(S(=O)(=O)OC2=C=CC(Br)=C[N]2)cc1. The number of halogens is 1. The molecule has 4 nitrogen and oxygen atoms in total. The first-order valence-electron chi connectivity index (χ1n) is 5.02. The van der Waals surface area contributed by atoms with Crippen LogP contribution in [0.15, 0.2) is 57.5 Å². The monoisotopic (exact) mass is 326 g/mol. The van der Waals surface area contributed by atoms with Gasteiger partial charge in [0.1, 0.15) is 4.90 Å². The first-order valence-corrected chi connectivity index (χ1v) is 7.22. The molecule has 0 bridgehead atoms. The highest BCUT2D eigenvalue weighted by Crippen LogP contribution is 2.18. The smallest absolute Gasteiger partial charge is 0.341 e. The molecular formula is C12H9BrNO3S. The van der Waals surface area contributed by atoms with E-state index in [1.54, 1.807) is 12.1 Å². The van der Waals surface area contributed by atoms with E-state index >= 15 is 0 Å². The second kappa shape index (κ2) is 5.02. The molecule has 18 heavy (non-hydrogen) atoms. The molecular weight excluding hydrogens is 318 g/mol. The van der Waals surface area contributed by atoms with Crippen molar-refractivity contribution in [1.82, 2.24) is 5.32 Å². The van der Waals surface area contributed by atoms with E-state index in [4.69, 9.17) is 4.18 Å². The third-order valence-corrected chi connectivity index (χ3v) is 3.80. The van der Waals surface area contributed by atoms with Gasteiger partial charge in [0.05, 0.1) is 0 Å². The highest BCUT2D eigenvalue weighted by Gasteiger charge is 2.18. The highest BCUT2D eigenvalue weighted by molar-refractivity contribution is 9.11. The van der Waals surface area contributed by atoms with Crippen LogP contribution in [-0.4, -0.2) is 8.42 Å². The molecule has 0 spiro atoms. The van der Waals surface area contributed by atoms with Gasteiger partial charge >= 0.3 is 10.1 Å². The topological polar surface area (TPSA) is 57.5 Å². The summed E-state index contributed by atoms with van der Waals surface area (Å²) in [6.45, 7) is 1.88. The van der Waals surface area contributed by atoms with Crippen molar-refractivity contribution in [3.63, 3.8) is 0 Å². The molecule has 93 valence electrons. The van der Waals surface area contributed by atoms with Crippen LogP contribution in [0.2, 0.25) is 0 Å². The molecule has 0 aliphatic carbocycles. The van der Waals surface area contributed by atoms with Gasteiger partial charge in [0.25, 0.3) is 5.88 Å². The molecule has 0 saturated heterocycles. The predicted octanol–water partition coefficient (Wildman–Crippen LogP) is 2.55. The van der Waals surface area contributed by atoms with Gasteiger partial charge in [-0.25, -0.2) is 5.32 Å². The molecule has 6 heteroatoms. The maximum Gasteiger partial charge on any atom is 0.341 e. The predicted molar refractivity (Wildman–Crippen MR) is 70.2 cm³/mol. The molecule has 0 N–H and O–H groups in total. The van der Waals surface area contributed by atoms with E-state index < -0.39 is 10.1 Å². The zero-order valence-electron chi connectivity index (χ0n) is 9.42. The number of aryl methyl sites for hydroxylation is 1. The van der Waals surface area contributed by atoms with Gasteiger partial charge in [-0.2, -0.15) is 8.42 Å². The van der Waals surface area contributed by atoms with Crippen molar-refractivity contribution in [3.8, 4) is 0 Å². The lowest BCUT2D eigenvalue weighted by molar-refractivity contribution is 0.384. The van der Waals surface area contributed by atoms with Gasteiger partial charge in [-0.3, -0.25) is 0 Å². The quantitative estimate of drug-likeness (QED) is 0.633. The Morgan fingerprint density at radius 3 is 2.50 bits per heavy atom. The van der Waals surface area contributed by atoms with E-state index in [9.17, 15) is 8.42 Å². The lowest BCUT2D eigenvalue weighted by Crippen LogP contribution is -2.11. The van der Waals surface area contributed by atoms with Gasteiger partial charge in [0.2, 0.25) is 0 Å². The Morgan fingerprint density at radius 1 is 1.28 bits per heavy atom. The second-order valence-electron chi connectivity index (χ2n) is 3.59. The Kier molecular flexibility index (Phi) is 3.61. The van der Waals surface area contributed by atoms with Crippen molar-refractivity contribution < 1.29 is 12.6 Å². The van der Waals surface area contributed by atoms with Crippen LogP contribution >= 0.6 is 15.9 Å². The fourth-order valence-corrected chi connectivity index (χ4v) is 2.31. The summed E-state index contributed by atoms with van der Waals surface area (Å²) in [5.41, 5.74) is 3.59. The average Bonchev–Trinajstić information content (AvgIpc) is 2.32. The summed E-state index contributed by atoms with van der Waals surface area (Å²) in [5, 5.41) is 3.80. The Hall–Kier alpha value is -1.49. The van der Waals surface area contributed by atoms with Gasteiger partial charge in [-0.05, 0) is 35.0 Å². The Bertz CT molecular complexity index is 653. The van der Waals surface area contributed by atoms with Crippen LogP contribution < -0.4 is 5.32 Å². The molecule has 0 unspecified atom stereocenters. The zero-order chi connectivity index (χ0) is 13.2. The lowest BCUT2D eigenvalue weighted by Gasteiger charge is -2.08. The summed E-state index contributed by atoms with van der Waals surface area (Å²) in [7, 11) is -3.85.